The molecule has 0 aliphatic heterocycles. The molecule has 1 aliphatic carbocycles. The summed E-state index contributed by atoms with van der Waals surface area (Å²) in [5.41, 5.74) is 2.86. The summed E-state index contributed by atoms with van der Waals surface area (Å²) in [7, 11) is 0. The predicted octanol–water partition coefficient (Wildman–Crippen LogP) is 5.11. The Morgan fingerprint density at radius 1 is 1.05 bits per heavy atom. The number of rotatable bonds is 5. The Kier molecular flexibility index (Phi) is 5.65. The highest BCUT2D eigenvalue weighted by atomic mass is 15.0. The number of nitrogens with one attached hydrogen (secondary N) is 1. The summed E-state index contributed by atoms with van der Waals surface area (Å²) in [5.74, 6) is 1.64. The molecule has 1 aromatic carbocycles. The normalized spacial score (nSPS) is 24.9. The van der Waals surface area contributed by atoms with Crippen LogP contribution in [-0.2, 0) is 6.42 Å². The van der Waals surface area contributed by atoms with Gasteiger partial charge in [0.25, 0.3) is 0 Å². The van der Waals surface area contributed by atoms with Crippen molar-refractivity contribution >= 4 is 0 Å². The molecular formula is C19H31N. The van der Waals surface area contributed by atoms with Gasteiger partial charge < -0.3 is 5.32 Å². The molecule has 0 heterocycles. The van der Waals surface area contributed by atoms with Crippen LogP contribution in [0.2, 0.25) is 0 Å². The zero-order valence-corrected chi connectivity index (χ0v) is 13.7. The minimum Gasteiger partial charge on any atom is -0.307 e. The molecule has 3 atom stereocenters. The predicted molar refractivity (Wildman–Crippen MR) is 88.0 cm³/mol. The lowest BCUT2D eigenvalue weighted by Crippen LogP contribution is -2.42. The van der Waals surface area contributed by atoms with Crippen LogP contribution in [0.5, 0.6) is 0 Å². The Labute approximate surface area is 125 Å². The summed E-state index contributed by atoms with van der Waals surface area (Å²) in [6.07, 6.45) is 6.68. The van der Waals surface area contributed by atoms with Crippen LogP contribution in [0.3, 0.4) is 0 Å². The molecule has 0 saturated heterocycles. The first-order valence-electron chi connectivity index (χ1n) is 8.46. The minimum absolute atomic E-state index is 0.463. The fourth-order valence-electron chi connectivity index (χ4n) is 3.62. The highest BCUT2D eigenvalue weighted by molar-refractivity contribution is 5.24. The molecule has 0 radical (unpaired) electrons. The molecule has 1 fully saturated rings. The summed E-state index contributed by atoms with van der Waals surface area (Å²) in [5, 5.41) is 3.90. The van der Waals surface area contributed by atoms with E-state index in [-0.39, 0.29) is 0 Å². The summed E-state index contributed by atoms with van der Waals surface area (Å²) in [4.78, 5) is 0. The average Bonchev–Trinajstić information content (AvgIpc) is 2.47. The number of hydrogen-bond donors (Lipinski definition) is 1. The topological polar surface area (TPSA) is 12.0 Å². The molecule has 1 aliphatic rings. The molecule has 1 heteroatoms. The second kappa shape index (κ2) is 7.26. The van der Waals surface area contributed by atoms with Gasteiger partial charge in [-0.25, -0.2) is 0 Å². The molecule has 3 unspecified atom stereocenters. The van der Waals surface area contributed by atoms with E-state index in [0.29, 0.717) is 12.1 Å². The van der Waals surface area contributed by atoms with E-state index >= 15 is 0 Å². The van der Waals surface area contributed by atoms with Crippen molar-refractivity contribution in [1.82, 2.24) is 5.32 Å². The van der Waals surface area contributed by atoms with E-state index in [0.717, 1.165) is 18.3 Å². The quantitative estimate of drug-likeness (QED) is 0.785. The number of hydrogen-bond acceptors (Lipinski definition) is 1. The van der Waals surface area contributed by atoms with Crippen LogP contribution in [-0.4, -0.2) is 6.04 Å². The van der Waals surface area contributed by atoms with Gasteiger partial charge in [-0.3, -0.25) is 0 Å². The van der Waals surface area contributed by atoms with Crippen LogP contribution in [0.15, 0.2) is 24.3 Å². The van der Waals surface area contributed by atoms with Crippen molar-refractivity contribution in [1.29, 1.82) is 0 Å². The third-order valence-corrected chi connectivity index (χ3v) is 5.03. The lowest BCUT2D eigenvalue weighted by Gasteiger charge is -2.37. The van der Waals surface area contributed by atoms with E-state index in [4.69, 9.17) is 0 Å². The Morgan fingerprint density at radius 3 is 2.30 bits per heavy atom. The van der Waals surface area contributed by atoms with Gasteiger partial charge in [-0.15, -0.1) is 0 Å². The molecule has 0 amide bonds. The zero-order chi connectivity index (χ0) is 14.5. The van der Waals surface area contributed by atoms with E-state index in [1.165, 1.54) is 36.8 Å². The Hall–Kier alpha value is -0.820. The summed E-state index contributed by atoms with van der Waals surface area (Å²) in [6, 6.07) is 10.3. The van der Waals surface area contributed by atoms with E-state index in [9.17, 15) is 0 Å². The molecule has 1 saturated carbocycles. The first kappa shape index (κ1) is 15.6. The molecule has 0 bridgehead atoms. The van der Waals surface area contributed by atoms with Crippen molar-refractivity contribution in [3.8, 4) is 0 Å². The average molecular weight is 273 g/mol. The van der Waals surface area contributed by atoms with Crippen molar-refractivity contribution in [2.45, 2.75) is 71.9 Å². The van der Waals surface area contributed by atoms with Crippen molar-refractivity contribution in [2.24, 2.45) is 11.8 Å². The maximum Gasteiger partial charge on any atom is 0.0294 e. The molecule has 1 nitrogen and oxygen atoms in total. The van der Waals surface area contributed by atoms with Crippen molar-refractivity contribution < 1.29 is 0 Å². The molecule has 0 aromatic heterocycles. The van der Waals surface area contributed by atoms with Crippen LogP contribution >= 0.6 is 0 Å². The van der Waals surface area contributed by atoms with Crippen LogP contribution in [0.4, 0.5) is 0 Å². The Balaban J connectivity index is 1.99. The van der Waals surface area contributed by atoms with Gasteiger partial charge in [-0.05, 0) is 49.1 Å². The SMILES string of the molecule is CCc1ccc(C(C)NC2CCCCC2C(C)C)cc1. The van der Waals surface area contributed by atoms with Gasteiger partial charge in [0.05, 0.1) is 0 Å². The van der Waals surface area contributed by atoms with Crippen molar-refractivity contribution in [3.05, 3.63) is 35.4 Å². The van der Waals surface area contributed by atoms with Gasteiger partial charge >= 0.3 is 0 Å². The lowest BCUT2D eigenvalue weighted by atomic mass is 9.77. The molecule has 0 spiro atoms. The van der Waals surface area contributed by atoms with Gasteiger partial charge in [0, 0.05) is 12.1 Å². The highest BCUT2D eigenvalue weighted by Gasteiger charge is 2.28. The van der Waals surface area contributed by atoms with E-state index in [1.807, 2.05) is 0 Å². The summed E-state index contributed by atoms with van der Waals surface area (Å²) in [6.45, 7) is 9.29. The van der Waals surface area contributed by atoms with Gasteiger partial charge in [-0.2, -0.15) is 0 Å². The van der Waals surface area contributed by atoms with Crippen LogP contribution in [0.25, 0.3) is 0 Å². The zero-order valence-electron chi connectivity index (χ0n) is 13.7. The van der Waals surface area contributed by atoms with Gasteiger partial charge in [0.2, 0.25) is 0 Å². The second-order valence-corrected chi connectivity index (χ2v) is 6.78. The molecular weight excluding hydrogens is 242 g/mol. The fraction of sp³-hybridized carbons (Fsp3) is 0.684. The van der Waals surface area contributed by atoms with Crippen LogP contribution < -0.4 is 5.32 Å². The Morgan fingerprint density at radius 2 is 1.70 bits per heavy atom. The maximum absolute atomic E-state index is 3.90. The van der Waals surface area contributed by atoms with E-state index < -0.39 is 0 Å². The largest absolute Gasteiger partial charge is 0.307 e. The van der Waals surface area contributed by atoms with E-state index in [2.05, 4.69) is 57.3 Å². The first-order valence-corrected chi connectivity index (χ1v) is 8.46. The monoisotopic (exact) mass is 273 g/mol. The molecule has 1 N–H and O–H groups in total. The molecule has 1 aromatic rings. The van der Waals surface area contributed by atoms with Gasteiger partial charge in [0.15, 0.2) is 0 Å². The first-order chi connectivity index (χ1) is 9.61. The lowest BCUT2D eigenvalue weighted by molar-refractivity contribution is 0.195. The summed E-state index contributed by atoms with van der Waals surface area (Å²) >= 11 is 0. The van der Waals surface area contributed by atoms with E-state index in [1.54, 1.807) is 0 Å². The van der Waals surface area contributed by atoms with Crippen molar-refractivity contribution in [3.63, 3.8) is 0 Å². The number of benzene rings is 1. The minimum atomic E-state index is 0.463. The Bertz CT molecular complexity index is 393. The number of aryl methyl sites for hydroxylation is 1. The third-order valence-electron chi connectivity index (χ3n) is 5.03. The highest BCUT2D eigenvalue weighted by Crippen LogP contribution is 2.31. The summed E-state index contributed by atoms with van der Waals surface area (Å²) < 4.78 is 0. The van der Waals surface area contributed by atoms with Crippen LogP contribution in [0, 0.1) is 11.8 Å². The van der Waals surface area contributed by atoms with Gasteiger partial charge in [-0.1, -0.05) is 57.9 Å². The maximum atomic E-state index is 3.90. The fourth-order valence-corrected chi connectivity index (χ4v) is 3.62. The van der Waals surface area contributed by atoms with Crippen molar-refractivity contribution in [2.75, 3.05) is 0 Å². The third kappa shape index (κ3) is 3.85. The molecule has 20 heavy (non-hydrogen) atoms. The second-order valence-electron chi connectivity index (χ2n) is 6.78. The standard InChI is InChI=1S/C19H31N/c1-5-16-10-12-17(13-11-16)15(4)20-19-9-7-6-8-18(19)14(2)3/h10-15,18-20H,5-9H2,1-4H3. The van der Waals surface area contributed by atoms with Crippen LogP contribution in [0.1, 0.15) is 70.5 Å². The smallest absolute Gasteiger partial charge is 0.0294 e. The molecule has 2 rings (SSSR count). The molecule has 112 valence electrons. The van der Waals surface area contributed by atoms with Gasteiger partial charge in [0.1, 0.15) is 0 Å².